The van der Waals surface area contributed by atoms with E-state index in [1.165, 1.54) is 12.8 Å². The van der Waals surface area contributed by atoms with E-state index in [9.17, 15) is 0 Å². The molecule has 1 fully saturated rings. The molecule has 0 spiro atoms. The lowest BCUT2D eigenvalue weighted by molar-refractivity contribution is 0.244. The van der Waals surface area contributed by atoms with Gasteiger partial charge in [-0.1, -0.05) is 12.2 Å². The summed E-state index contributed by atoms with van der Waals surface area (Å²) in [7, 11) is 0. The van der Waals surface area contributed by atoms with Crippen molar-refractivity contribution in [3.63, 3.8) is 0 Å². The van der Waals surface area contributed by atoms with Crippen LogP contribution in [0.1, 0.15) is 19.3 Å². The first kappa shape index (κ1) is 6.41. The van der Waals surface area contributed by atoms with Gasteiger partial charge in [0, 0.05) is 6.61 Å². The molecule has 0 amide bonds. The lowest BCUT2D eigenvalue weighted by atomic mass is 9.91. The Bertz CT molecular complexity index is 151. The maximum Gasteiger partial charge on any atom is 0.0433 e. The lowest BCUT2D eigenvalue weighted by Crippen LogP contribution is -2.08. The number of rotatable bonds is 2. The minimum Gasteiger partial charge on any atom is -0.396 e. The third-order valence-electron chi connectivity index (χ3n) is 2.92. The Morgan fingerprint density at radius 2 is 2.20 bits per heavy atom. The van der Waals surface area contributed by atoms with E-state index in [-0.39, 0.29) is 0 Å². The second-order valence-corrected chi connectivity index (χ2v) is 3.55. The van der Waals surface area contributed by atoms with Gasteiger partial charge in [-0.2, -0.15) is 0 Å². The molecule has 10 heavy (non-hydrogen) atoms. The molecule has 0 radical (unpaired) electrons. The van der Waals surface area contributed by atoms with Crippen molar-refractivity contribution in [2.24, 2.45) is 17.8 Å². The minimum absolute atomic E-state index is 0.377. The Hall–Kier alpha value is -0.300. The average molecular weight is 138 g/mol. The zero-order valence-electron chi connectivity index (χ0n) is 6.16. The van der Waals surface area contributed by atoms with Crippen LogP contribution in [0.4, 0.5) is 0 Å². The highest BCUT2D eigenvalue weighted by Crippen LogP contribution is 2.44. The molecule has 2 rings (SSSR count). The van der Waals surface area contributed by atoms with Crippen molar-refractivity contribution in [2.75, 3.05) is 6.61 Å². The normalized spacial score (nSPS) is 43.1. The molecule has 1 heteroatoms. The first-order valence-electron chi connectivity index (χ1n) is 4.19. The Labute approximate surface area is 61.8 Å². The van der Waals surface area contributed by atoms with Gasteiger partial charge in [-0.25, -0.2) is 0 Å². The van der Waals surface area contributed by atoms with Crippen LogP contribution in [-0.4, -0.2) is 11.7 Å². The van der Waals surface area contributed by atoms with Gasteiger partial charge >= 0.3 is 0 Å². The van der Waals surface area contributed by atoms with Crippen molar-refractivity contribution >= 4 is 0 Å². The van der Waals surface area contributed by atoms with Crippen molar-refractivity contribution in [1.29, 1.82) is 0 Å². The summed E-state index contributed by atoms with van der Waals surface area (Å²) >= 11 is 0. The number of allylic oxidation sites excluding steroid dienone is 2. The highest BCUT2D eigenvalue weighted by atomic mass is 16.3. The second kappa shape index (κ2) is 2.39. The van der Waals surface area contributed by atoms with Crippen LogP contribution in [0, 0.1) is 17.8 Å². The Morgan fingerprint density at radius 1 is 1.30 bits per heavy atom. The average Bonchev–Trinajstić information content (AvgIpc) is 2.48. The molecule has 3 atom stereocenters. The summed E-state index contributed by atoms with van der Waals surface area (Å²) in [6, 6.07) is 0. The summed E-state index contributed by atoms with van der Waals surface area (Å²) in [5, 5.41) is 8.73. The van der Waals surface area contributed by atoms with Crippen molar-refractivity contribution < 1.29 is 5.11 Å². The third kappa shape index (κ3) is 0.891. The van der Waals surface area contributed by atoms with Crippen molar-refractivity contribution in [1.82, 2.24) is 0 Å². The highest BCUT2D eigenvalue weighted by Gasteiger charge is 2.34. The van der Waals surface area contributed by atoms with Crippen LogP contribution >= 0.6 is 0 Å². The van der Waals surface area contributed by atoms with Gasteiger partial charge in [-0.3, -0.25) is 0 Å². The maximum absolute atomic E-state index is 8.73. The predicted molar refractivity (Wildman–Crippen MR) is 40.5 cm³/mol. The van der Waals surface area contributed by atoms with Gasteiger partial charge in [-0.15, -0.1) is 0 Å². The molecule has 0 aromatic carbocycles. The number of hydrogen-bond donors (Lipinski definition) is 1. The quantitative estimate of drug-likeness (QED) is 0.574. The molecule has 1 nitrogen and oxygen atoms in total. The van der Waals surface area contributed by atoms with Crippen LogP contribution in [0.5, 0.6) is 0 Å². The van der Waals surface area contributed by atoms with Gasteiger partial charge in [0.05, 0.1) is 0 Å². The molecule has 2 bridgehead atoms. The number of hydrogen-bond acceptors (Lipinski definition) is 1. The summed E-state index contributed by atoms with van der Waals surface area (Å²) in [5.74, 6) is 2.48. The van der Waals surface area contributed by atoms with Gasteiger partial charge < -0.3 is 5.11 Å². The molecule has 0 saturated heterocycles. The van der Waals surface area contributed by atoms with E-state index in [2.05, 4.69) is 12.2 Å². The largest absolute Gasteiger partial charge is 0.396 e. The fraction of sp³-hybridized carbons (Fsp3) is 0.778. The van der Waals surface area contributed by atoms with E-state index < -0.39 is 0 Å². The van der Waals surface area contributed by atoms with Crippen LogP contribution in [0.3, 0.4) is 0 Å². The summed E-state index contributed by atoms with van der Waals surface area (Å²) < 4.78 is 0. The van der Waals surface area contributed by atoms with Gasteiger partial charge in [-0.05, 0) is 37.0 Å². The molecule has 1 N–H and O–H groups in total. The first-order chi connectivity index (χ1) is 4.90. The monoisotopic (exact) mass is 138 g/mol. The van der Waals surface area contributed by atoms with E-state index in [0.717, 1.165) is 24.2 Å². The summed E-state index contributed by atoms with van der Waals surface area (Å²) in [6.45, 7) is 0.377. The van der Waals surface area contributed by atoms with E-state index in [0.29, 0.717) is 6.61 Å². The molecule has 0 heterocycles. The van der Waals surface area contributed by atoms with E-state index in [1.54, 1.807) is 0 Å². The van der Waals surface area contributed by atoms with E-state index >= 15 is 0 Å². The number of aliphatic hydroxyl groups is 1. The highest BCUT2D eigenvalue weighted by molar-refractivity contribution is 5.09. The number of fused-ring (bicyclic) bond motifs is 2. The Morgan fingerprint density at radius 3 is 2.70 bits per heavy atom. The van der Waals surface area contributed by atoms with Crippen LogP contribution in [0.2, 0.25) is 0 Å². The molecule has 2 aliphatic carbocycles. The SMILES string of the molecule is OCC[C@H]1C[C@H]2C=C[C@H]1C2. The van der Waals surface area contributed by atoms with E-state index in [1.807, 2.05) is 0 Å². The zero-order chi connectivity index (χ0) is 6.97. The fourth-order valence-corrected chi connectivity index (χ4v) is 2.39. The lowest BCUT2D eigenvalue weighted by Gasteiger charge is -2.15. The molecule has 0 aromatic rings. The maximum atomic E-state index is 8.73. The fourth-order valence-electron chi connectivity index (χ4n) is 2.39. The summed E-state index contributed by atoms with van der Waals surface area (Å²) in [6.07, 6.45) is 8.41. The molecule has 0 aromatic heterocycles. The van der Waals surface area contributed by atoms with Crippen LogP contribution in [0.25, 0.3) is 0 Å². The summed E-state index contributed by atoms with van der Waals surface area (Å²) in [5.41, 5.74) is 0. The van der Waals surface area contributed by atoms with Crippen LogP contribution in [-0.2, 0) is 0 Å². The van der Waals surface area contributed by atoms with Gasteiger partial charge in [0.2, 0.25) is 0 Å². The van der Waals surface area contributed by atoms with Crippen LogP contribution in [0.15, 0.2) is 12.2 Å². The molecule has 0 unspecified atom stereocenters. The van der Waals surface area contributed by atoms with Crippen LogP contribution < -0.4 is 0 Å². The van der Waals surface area contributed by atoms with Crippen molar-refractivity contribution in [2.45, 2.75) is 19.3 Å². The van der Waals surface area contributed by atoms with Crippen molar-refractivity contribution in [3.05, 3.63) is 12.2 Å². The zero-order valence-corrected chi connectivity index (χ0v) is 6.16. The topological polar surface area (TPSA) is 20.2 Å². The molecular formula is C9H14O. The van der Waals surface area contributed by atoms with Gasteiger partial charge in [0.1, 0.15) is 0 Å². The summed E-state index contributed by atoms with van der Waals surface area (Å²) in [4.78, 5) is 0. The number of aliphatic hydroxyl groups excluding tert-OH is 1. The minimum atomic E-state index is 0.377. The molecule has 0 aliphatic heterocycles. The third-order valence-corrected chi connectivity index (χ3v) is 2.92. The first-order valence-corrected chi connectivity index (χ1v) is 4.19. The van der Waals surface area contributed by atoms with Gasteiger partial charge in [0.25, 0.3) is 0 Å². The smallest absolute Gasteiger partial charge is 0.0433 e. The Balaban J connectivity index is 1.96. The molecule has 1 saturated carbocycles. The predicted octanol–water partition coefficient (Wildman–Crippen LogP) is 1.58. The standard InChI is InChI=1S/C9H14O/c10-4-3-9-6-7-1-2-8(9)5-7/h1-2,7-10H,3-6H2/t7-,8-,9-/m0/s1. The van der Waals surface area contributed by atoms with Gasteiger partial charge in [0.15, 0.2) is 0 Å². The second-order valence-electron chi connectivity index (χ2n) is 3.55. The molecular weight excluding hydrogens is 124 g/mol. The molecule has 2 aliphatic rings. The van der Waals surface area contributed by atoms with E-state index in [4.69, 9.17) is 5.11 Å². The molecule has 56 valence electrons. The van der Waals surface area contributed by atoms with Crippen molar-refractivity contribution in [3.8, 4) is 0 Å². The Kier molecular flexibility index (Phi) is 1.53.